The Bertz CT molecular complexity index is 1010. The Hall–Kier alpha value is -3.78. The van der Waals surface area contributed by atoms with Crippen LogP contribution in [0, 0.1) is 5.92 Å². The molecule has 210 valence electrons. The lowest BCUT2D eigenvalue weighted by Gasteiger charge is -2.26. The van der Waals surface area contributed by atoms with Crippen molar-refractivity contribution >= 4 is 23.7 Å². The molecule has 0 spiro atoms. The van der Waals surface area contributed by atoms with Crippen LogP contribution >= 0.6 is 0 Å². The number of H-pyrrole nitrogens is 2. The zero-order chi connectivity index (χ0) is 28.1. The molecule has 14 heteroatoms. The molecule has 0 aliphatic heterocycles. The molecule has 4 unspecified atom stereocenters. The van der Waals surface area contributed by atoms with Crippen LogP contribution in [-0.4, -0.2) is 79.4 Å². The van der Waals surface area contributed by atoms with Crippen LogP contribution in [0.5, 0.6) is 0 Å². The number of aliphatic carboxylic acids is 1. The van der Waals surface area contributed by atoms with Crippen molar-refractivity contribution < 1.29 is 24.3 Å². The van der Waals surface area contributed by atoms with E-state index in [9.17, 15) is 24.3 Å². The van der Waals surface area contributed by atoms with E-state index in [0.717, 1.165) is 0 Å². The zero-order valence-corrected chi connectivity index (χ0v) is 21.8. The number of nitrogens with one attached hydrogen (secondary N) is 5. The number of unbranched alkanes of at least 4 members (excludes halogenated alkanes) is 1. The Morgan fingerprint density at radius 2 is 1.42 bits per heavy atom. The first-order chi connectivity index (χ1) is 18.1. The number of carbonyl (C=O) groups is 4. The number of amides is 3. The lowest BCUT2D eigenvalue weighted by Crippen LogP contribution is -2.57. The molecule has 10 N–H and O–H groups in total. The van der Waals surface area contributed by atoms with E-state index in [1.54, 1.807) is 6.20 Å². The molecule has 2 rings (SSSR count). The van der Waals surface area contributed by atoms with E-state index in [-0.39, 0.29) is 25.2 Å². The fraction of sp³-hybridized carbons (Fsp3) is 0.583. The van der Waals surface area contributed by atoms with E-state index in [2.05, 4.69) is 35.9 Å². The van der Waals surface area contributed by atoms with Crippen molar-refractivity contribution in [2.45, 2.75) is 76.5 Å². The van der Waals surface area contributed by atoms with Crippen LogP contribution in [0.4, 0.5) is 0 Å². The van der Waals surface area contributed by atoms with Gasteiger partial charge in [0.1, 0.15) is 18.1 Å². The summed E-state index contributed by atoms with van der Waals surface area (Å²) in [7, 11) is 0. The lowest BCUT2D eigenvalue weighted by molar-refractivity contribution is -0.142. The van der Waals surface area contributed by atoms with Gasteiger partial charge in [-0.05, 0) is 38.1 Å². The van der Waals surface area contributed by atoms with Gasteiger partial charge in [0.05, 0.1) is 18.7 Å². The van der Waals surface area contributed by atoms with Crippen molar-refractivity contribution in [2.75, 3.05) is 6.54 Å². The van der Waals surface area contributed by atoms with Crippen LogP contribution in [-0.2, 0) is 32.0 Å². The summed E-state index contributed by atoms with van der Waals surface area (Å²) < 4.78 is 0. The minimum atomic E-state index is -1.23. The van der Waals surface area contributed by atoms with Gasteiger partial charge in [-0.2, -0.15) is 0 Å². The van der Waals surface area contributed by atoms with Crippen molar-refractivity contribution in [2.24, 2.45) is 17.4 Å². The summed E-state index contributed by atoms with van der Waals surface area (Å²) >= 11 is 0. The summed E-state index contributed by atoms with van der Waals surface area (Å²) in [5.74, 6) is -2.90. The second-order valence-electron chi connectivity index (χ2n) is 9.60. The second kappa shape index (κ2) is 15.5. The van der Waals surface area contributed by atoms with Crippen molar-refractivity contribution in [3.8, 4) is 0 Å². The number of rotatable bonds is 17. The standard InChI is InChI=1S/C24H39N9O5/c1-14(2)7-19(32-21(34)17(26)8-15-10-27-12-29-15)23(36)31-18(5-3-4-6-25)22(35)33-20(24(37)38)9-16-11-28-13-30-16/h10-14,17-20H,3-9,25-26H2,1-2H3,(H,27,29)(H,28,30)(H,31,36)(H,32,34)(H,33,35)(H,37,38). The molecular formula is C24H39N9O5. The number of aromatic amines is 2. The number of aromatic nitrogens is 4. The summed E-state index contributed by atoms with van der Waals surface area (Å²) in [5, 5.41) is 17.5. The van der Waals surface area contributed by atoms with Gasteiger partial charge in [-0.1, -0.05) is 13.8 Å². The number of hydrogen-bond donors (Lipinski definition) is 8. The van der Waals surface area contributed by atoms with E-state index in [0.29, 0.717) is 37.2 Å². The molecular weight excluding hydrogens is 494 g/mol. The second-order valence-corrected chi connectivity index (χ2v) is 9.60. The van der Waals surface area contributed by atoms with Gasteiger partial charge < -0.3 is 42.5 Å². The highest BCUT2D eigenvalue weighted by molar-refractivity contribution is 5.94. The van der Waals surface area contributed by atoms with Gasteiger partial charge in [0.25, 0.3) is 0 Å². The van der Waals surface area contributed by atoms with Crippen LogP contribution in [0.15, 0.2) is 25.0 Å². The van der Waals surface area contributed by atoms with Crippen LogP contribution in [0.25, 0.3) is 0 Å². The third-order valence-corrected chi connectivity index (χ3v) is 5.84. The minimum absolute atomic E-state index is 0.00914. The van der Waals surface area contributed by atoms with Crippen molar-refractivity contribution in [1.82, 2.24) is 35.9 Å². The quantitative estimate of drug-likeness (QED) is 0.116. The van der Waals surface area contributed by atoms with Gasteiger partial charge in [0.2, 0.25) is 17.7 Å². The summed E-state index contributed by atoms with van der Waals surface area (Å²) in [6, 6.07) is -4.12. The SMILES string of the molecule is CC(C)CC(NC(=O)C(N)Cc1cnc[nH]1)C(=O)NC(CCCCN)C(=O)NC(Cc1cnc[nH]1)C(=O)O. The monoisotopic (exact) mass is 533 g/mol. The molecule has 38 heavy (non-hydrogen) atoms. The van der Waals surface area contributed by atoms with E-state index in [1.165, 1.54) is 18.9 Å². The maximum Gasteiger partial charge on any atom is 0.326 e. The number of carboxylic acids is 1. The maximum absolute atomic E-state index is 13.3. The summed E-state index contributed by atoms with van der Waals surface area (Å²) in [6.45, 7) is 4.20. The third kappa shape index (κ3) is 10.3. The summed E-state index contributed by atoms with van der Waals surface area (Å²) in [6.07, 6.45) is 7.82. The topological polar surface area (TPSA) is 234 Å². The van der Waals surface area contributed by atoms with E-state index in [1.807, 2.05) is 13.8 Å². The molecule has 0 aromatic carbocycles. The van der Waals surface area contributed by atoms with Crippen molar-refractivity contribution in [1.29, 1.82) is 0 Å². The van der Waals surface area contributed by atoms with Crippen LogP contribution in [0.2, 0.25) is 0 Å². The zero-order valence-electron chi connectivity index (χ0n) is 21.8. The highest BCUT2D eigenvalue weighted by atomic mass is 16.4. The molecule has 0 aliphatic carbocycles. The Morgan fingerprint density at radius 3 is 1.95 bits per heavy atom. The molecule has 2 aromatic rings. The van der Waals surface area contributed by atoms with Crippen LogP contribution < -0.4 is 27.4 Å². The number of nitrogens with two attached hydrogens (primary N) is 2. The molecule has 0 aliphatic rings. The molecule has 4 atom stereocenters. The highest BCUT2D eigenvalue weighted by Gasteiger charge is 2.31. The van der Waals surface area contributed by atoms with E-state index in [4.69, 9.17) is 11.5 Å². The largest absolute Gasteiger partial charge is 0.480 e. The average Bonchev–Trinajstić information content (AvgIpc) is 3.56. The molecule has 0 radical (unpaired) electrons. The number of carbonyl (C=O) groups excluding carboxylic acids is 3. The van der Waals surface area contributed by atoms with Gasteiger partial charge in [-0.3, -0.25) is 14.4 Å². The Labute approximate surface area is 221 Å². The number of hydrogen-bond acceptors (Lipinski definition) is 8. The molecule has 0 fully saturated rings. The third-order valence-electron chi connectivity index (χ3n) is 5.84. The van der Waals surface area contributed by atoms with Gasteiger partial charge in [-0.25, -0.2) is 14.8 Å². The predicted molar refractivity (Wildman–Crippen MR) is 138 cm³/mol. The minimum Gasteiger partial charge on any atom is -0.480 e. The van der Waals surface area contributed by atoms with Gasteiger partial charge in [-0.15, -0.1) is 0 Å². The fourth-order valence-electron chi connectivity index (χ4n) is 3.83. The highest BCUT2D eigenvalue weighted by Crippen LogP contribution is 2.09. The fourth-order valence-corrected chi connectivity index (χ4v) is 3.83. The number of carboxylic acid groups (broad SMARTS) is 1. The van der Waals surface area contributed by atoms with Crippen molar-refractivity contribution in [3.63, 3.8) is 0 Å². The molecule has 0 saturated carbocycles. The maximum atomic E-state index is 13.3. The lowest BCUT2D eigenvalue weighted by atomic mass is 10.0. The van der Waals surface area contributed by atoms with Gasteiger partial charge in [0, 0.05) is 36.6 Å². The van der Waals surface area contributed by atoms with Crippen molar-refractivity contribution in [3.05, 3.63) is 36.4 Å². The number of nitrogens with zero attached hydrogens (tertiary/aromatic N) is 2. The summed E-state index contributed by atoms with van der Waals surface area (Å²) in [4.78, 5) is 64.3. The molecule has 3 amide bonds. The van der Waals surface area contributed by atoms with Gasteiger partial charge >= 0.3 is 5.97 Å². The summed E-state index contributed by atoms with van der Waals surface area (Å²) in [5.41, 5.74) is 12.8. The van der Waals surface area contributed by atoms with E-state index < -0.39 is 47.9 Å². The first-order valence-corrected chi connectivity index (χ1v) is 12.6. The van der Waals surface area contributed by atoms with Crippen LogP contribution in [0.3, 0.4) is 0 Å². The molecule has 14 nitrogen and oxygen atoms in total. The first kappa shape index (κ1) is 30.4. The normalized spacial score (nSPS) is 14.3. The smallest absolute Gasteiger partial charge is 0.326 e. The molecule has 2 heterocycles. The van der Waals surface area contributed by atoms with Gasteiger partial charge in [0.15, 0.2) is 0 Å². The average molecular weight is 534 g/mol. The Morgan fingerprint density at radius 1 is 0.868 bits per heavy atom. The molecule has 0 bridgehead atoms. The molecule has 0 saturated heterocycles. The van der Waals surface area contributed by atoms with E-state index >= 15 is 0 Å². The Kier molecular flexibility index (Phi) is 12.4. The predicted octanol–water partition coefficient (Wildman–Crippen LogP) is -1.04. The van der Waals surface area contributed by atoms with Crippen LogP contribution in [0.1, 0.15) is 50.9 Å². The Balaban J connectivity index is 2.10. The molecule has 2 aromatic heterocycles. The first-order valence-electron chi connectivity index (χ1n) is 12.6. The number of imidazole rings is 2.